The molecule has 0 radical (unpaired) electrons. The van der Waals surface area contributed by atoms with Gasteiger partial charge in [-0.1, -0.05) is 54.5 Å². The molecular weight excluding hydrogens is 220 g/mol. The zero-order valence-corrected chi connectivity index (χ0v) is 12.8. The Morgan fingerprint density at radius 1 is 1.06 bits per heavy atom. The molecule has 2 unspecified atom stereocenters. The second-order valence-electron chi connectivity index (χ2n) is 7.54. The normalized spacial score (nSPS) is 28.1. The topological polar surface area (TPSA) is 15.6 Å². The number of nitrogens with zero attached hydrogens (tertiary/aromatic N) is 2. The van der Waals surface area contributed by atoms with Gasteiger partial charge in [0.25, 0.3) is 0 Å². The Bertz CT molecular complexity index is 427. The molecule has 2 aliphatic heterocycles. The minimum Gasteiger partial charge on any atom is -0.262 e. The van der Waals surface area contributed by atoms with Crippen molar-refractivity contribution in [2.75, 3.05) is 0 Å². The number of hydrogen-bond donors (Lipinski definition) is 0. The second kappa shape index (κ2) is 3.97. The molecule has 0 aromatic heterocycles. The zero-order valence-electron chi connectivity index (χ0n) is 12.8. The standard InChI is InChI=1S/C16H26N2/c1-11-12-9-8-10-17-18(12)14(16(5,6)7)13(11)15(2,3)4/h8-12H,1-7H3. The van der Waals surface area contributed by atoms with Gasteiger partial charge in [0.2, 0.25) is 0 Å². The van der Waals surface area contributed by atoms with Crippen molar-refractivity contribution in [1.82, 2.24) is 5.01 Å². The van der Waals surface area contributed by atoms with Gasteiger partial charge in [0.15, 0.2) is 0 Å². The maximum Gasteiger partial charge on any atom is 0.0769 e. The molecule has 0 saturated carbocycles. The van der Waals surface area contributed by atoms with E-state index in [0.717, 1.165) is 0 Å². The molecule has 2 heteroatoms. The predicted molar refractivity (Wildman–Crippen MR) is 78.4 cm³/mol. The first-order chi connectivity index (χ1) is 8.14. The summed E-state index contributed by atoms with van der Waals surface area (Å²) in [6.07, 6.45) is 6.26. The van der Waals surface area contributed by atoms with Crippen molar-refractivity contribution in [3.63, 3.8) is 0 Å². The van der Waals surface area contributed by atoms with Crippen molar-refractivity contribution < 1.29 is 0 Å². The summed E-state index contributed by atoms with van der Waals surface area (Å²) in [5.41, 5.74) is 3.30. The van der Waals surface area contributed by atoms with Crippen LogP contribution in [0.4, 0.5) is 0 Å². The van der Waals surface area contributed by atoms with Gasteiger partial charge in [-0.2, -0.15) is 5.10 Å². The van der Waals surface area contributed by atoms with Crippen molar-refractivity contribution >= 4 is 6.21 Å². The minimum absolute atomic E-state index is 0.133. The monoisotopic (exact) mass is 246 g/mol. The summed E-state index contributed by atoms with van der Waals surface area (Å²) in [4.78, 5) is 0. The van der Waals surface area contributed by atoms with Gasteiger partial charge in [0, 0.05) is 23.2 Å². The van der Waals surface area contributed by atoms with Gasteiger partial charge in [-0.05, 0) is 17.1 Å². The average molecular weight is 246 g/mol. The first-order valence-electron chi connectivity index (χ1n) is 6.89. The summed E-state index contributed by atoms with van der Waals surface area (Å²) in [5, 5.41) is 6.86. The molecular formula is C16H26N2. The highest BCUT2D eigenvalue weighted by molar-refractivity contribution is 5.72. The summed E-state index contributed by atoms with van der Waals surface area (Å²) >= 11 is 0. The van der Waals surface area contributed by atoms with Crippen LogP contribution >= 0.6 is 0 Å². The van der Waals surface area contributed by atoms with Crippen LogP contribution in [0.3, 0.4) is 0 Å². The van der Waals surface area contributed by atoms with Crippen LogP contribution in [0, 0.1) is 16.7 Å². The van der Waals surface area contributed by atoms with Crippen molar-refractivity contribution in [2.24, 2.45) is 21.8 Å². The Morgan fingerprint density at radius 2 is 1.67 bits per heavy atom. The maximum absolute atomic E-state index is 4.62. The van der Waals surface area contributed by atoms with Gasteiger partial charge in [-0.3, -0.25) is 5.01 Å². The third-order valence-corrected chi connectivity index (χ3v) is 3.84. The molecule has 100 valence electrons. The van der Waals surface area contributed by atoms with E-state index in [4.69, 9.17) is 0 Å². The lowest BCUT2D eigenvalue weighted by Crippen LogP contribution is -2.32. The van der Waals surface area contributed by atoms with Gasteiger partial charge in [-0.25, -0.2) is 0 Å². The van der Waals surface area contributed by atoms with E-state index in [1.165, 1.54) is 5.70 Å². The molecule has 2 atom stereocenters. The number of hydrogen-bond acceptors (Lipinski definition) is 2. The van der Waals surface area contributed by atoms with Crippen LogP contribution < -0.4 is 0 Å². The second-order valence-corrected chi connectivity index (χ2v) is 7.54. The third-order valence-electron chi connectivity index (χ3n) is 3.84. The minimum atomic E-state index is 0.133. The lowest BCUT2D eigenvalue weighted by molar-refractivity contribution is 0.246. The molecule has 0 N–H and O–H groups in total. The van der Waals surface area contributed by atoms with Crippen LogP contribution in [-0.2, 0) is 0 Å². The molecule has 0 bridgehead atoms. The van der Waals surface area contributed by atoms with Crippen LogP contribution in [0.25, 0.3) is 0 Å². The predicted octanol–water partition coefficient (Wildman–Crippen LogP) is 4.21. The number of hydrazone groups is 1. The van der Waals surface area contributed by atoms with Crippen LogP contribution in [0.5, 0.6) is 0 Å². The summed E-state index contributed by atoms with van der Waals surface area (Å²) in [5.74, 6) is 0.535. The van der Waals surface area contributed by atoms with E-state index in [2.05, 4.69) is 70.7 Å². The quantitative estimate of drug-likeness (QED) is 0.625. The van der Waals surface area contributed by atoms with Crippen LogP contribution in [-0.4, -0.2) is 17.3 Å². The lowest BCUT2D eigenvalue weighted by atomic mass is 9.74. The fourth-order valence-electron chi connectivity index (χ4n) is 3.31. The zero-order chi connectivity index (χ0) is 13.7. The van der Waals surface area contributed by atoms with Gasteiger partial charge in [0.05, 0.1) is 6.04 Å². The Balaban J connectivity index is 2.60. The molecule has 2 nitrogen and oxygen atoms in total. The summed E-state index contributed by atoms with van der Waals surface area (Å²) in [6.45, 7) is 16.1. The number of rotatable bonds is 0. The highest BCUT2D eigenvalue weighted by Crippen LogP contribution is 2.50. The molecule has 2 heterocycles. The first-order valence-corrected chi connectivity index (χ1v) is 6.89. The highest BCUT2D eigenvalue weighted by Gasteiger charge is 2.45. The number of allylic oxidation sites excluding steroid dienone is 2. The SMILES string of the molecule is CC1C(C(C)(C)C)=C(C(C)(C)C)N2N=CC=CC12. The maximum atomic E-state index is 4.62. The Labute approximate surface area is 111 Å². The fraction of sp³-hybridized carbons (Fsp3) is 0.688. The van der Waals surface area contributed by atoms with Crippen molar-refractivity contribution in [3.05, 3.63) is 23.4 Å². The van der Waals surface area contributed by atoms with Crippen molar-refractivity contribution in [1.29, 1.82) is 0 Å². The van der Waals surface area contributed by atoms with E-state index < -0.39 is 0 Å². The fourth-order valence-corrected chi connectivity index (χ4v) is 3.31. The summed E-state index contributed by atoms with van der Waals surface area (Å²) in [6, 6.07) is 0.401. The van der Waals surface area contributed by atoms with E-state index in [1.54, 1.807) is 5.57 Å². The number of fused-ring (bicyclic) bond motifs is 1. The van der Waals surface area contributed by atoms with E-state index in [0.29, 0.717) is 12.0 Å². The van der Waals surface area contributed by atoms with E-state index in [-0.39, 0.29) is 10.8 Å². The van der Waals surface area contributed by atoms with Crippen LogP contribution in [0.2, 0.25) is 0 Å². The average Bonchev–Trinajstić information content (AvgIpc) is 2.52. The molecule has 0 aromatic rings. The highest BCUT2D eigenvalue weighted by atomic mass is 15.5. The lowest BCUT2D eigenvalue weighted by Gasteiger charge is -2.33. The summed E-state index contributed by atoms with van der Waals surface area (Å²) < 4.78 is 0. The van der Waals surface area contributed by atoms with Crippen LogP contribution in [0.15, 0.2) is 28.5 Å². The first kappa shape index (κ1) is 13.4. The van der Waals surface area contributed by atoms with E-state index in [1.807, 2.05) is 6.21 Å². The largest absolute Gasteiger partial charge is 0.262 e. The van der Waals surface area contributed by atoms with Crippen molar-refractivity contribution in [2.45, 2.75) is 54.5 Å². The molecule has 2 rings (SSSR count). The third kappa shape index (κ3) is 2.02. The molecule has 18 heavy (non-hydrogen) atoms. The van der Waals surface area contributed by atoms with Gasteiger partial charge in [0.1, 0.15) is 0 Å². The Morgan fingerprint density at radius 3 is 2.17 bits per heavy atom. The van der Waals surface area contributed by atoms with Gasteiger partial charge < -0.3 is 0 Å². The van der Waals surface area contributed by atoms with E-state index in [9.17, 15) is 0 Å². The molecule has 0 spiro atoms. The molecule has 0 fully saturated rings. The molecule has 0 aromatic carbocycles. The summed E-state index contributed by atoms with van der Waals surface area (Å²) in [7, 11) is 0. The molecule has 2 aliphatic rings. The van der Waals surface area contributed by atoms with Gasteiger partial charge in [-0.15, -0.1) is 0 Å². The van der Waals surface area contributed by atoms with Gasteiger partial charge >= 0.3 is 0 Å². The smallest absolute Gasteiger partial charge is 0.0769 e. The van der Waals surface area contributed by atoms with Crippen LogP contribution in [0.1, 0.15) is 48.5 Å². The van der Waals surface area contributed by atoms with Crippen molar-refractivity contribution in [3.8, 4) is 0 Å². The Hall–Kier alpha value is -1.05. The Kier molecular flexibility index (Phi) is 2.95. The van der Waals surface area contributed by atoms with E-state index >= 15 is 0 Å². The molecule has 0 aliphatic carbocycles. The molecule has 0 amide bonds. The molecule has 0 saturated heterocycles.